The summed E-state index contributed by atoms with van der Waals surface area (Å²) in [5.41, 5.74) is 1.26. The third kappa shape index (κ3) is 3.85. The molecule has 0 saturated carbocycles. The van der Waals surface area contributed by atoms with Crippen molar-refractivity contribution in [3.8, 4) is 0 Å². The van der Waals surface area contributed by atoms with Crippen LogP contribution in [0.5, 0.6) is 0 Å². The molecule has 0 aromatic heterocycles. The molecule has 2 aromatic carbocycles. The first-order chi connectivity index (χ1) is 12.6. The van der Waals surface area contributed by atoms with E-state index in [4.69, 9.17) is 9.47 Å². The molecule has 3 rings (SSSR count). The summed E-state index contributed by atoms with van der Waals surface area (Å²) in [6, 6.07) is 12.5. The van der Waals surface area contributed by atoms with Gasteiger partial charge in [0.15, 0.2) is 5.70 Å². The maximum Gasteiger partial charge on any atom is 0.363 e. The van der Waals surface area contributed by atoms with Gasteiger partial charge in [-0.3, -0.25) is 0 Å². The molecule has 2 aromatic rings. The van der Waals surface area contributed by atoms with Crippen LogP contribution in [0.3, 0.4) is 0 Å². The number of aliphatic imine (C=N–C) groups is 1. The van der Waals surface area contributed by atoms with Crippen LogP contribution in [0, 0.1) is 5.82 Å². The number of carbonyl (C=O) groups is 2. The summed E-state index contributed by atoms with van der Waals surface area (Å²) in [5, 5.41) is 0. The Bertz CT molecular complexity index is 900. The fraction of sp³-hybridized carbons (Fsp3) is 0.150. The van der Waals surface area contributed by atoms with Crippen LogP contribution in [0.2, 0.25) is 0 Å². The van der Waals surface area contributed by atoms with Crippen LogP contribution >= 0.6 is 0 Å². The van der Waals surface area contributed by atoms with Crippen LogP contribution in [0.1, 0.15) is 34.8 Å². The van der Waals surface area contributed by atoms with Gasteiger partial charge in [-0.1, -0.05) is 31.2 Å². The minimum Gasteiger partial charge on any atom is -0.462 e. The topological polar surface area (TPSA) is 65.0 Å². The Balaban J connectivity index is 1.80. The Kier molecular flexibility index (Phi) is 5.22. The summed E-state index contributed by atoms with van der Waals surface area (Å²) in [5.74, 6) is -1.64. The summed E-state index contributed by atoms with van der Waals surface area (Å²) in [6.45, 7) is 2.28. The van der Waals surface area contributed by atoms with E-state index in [9.17, 15) is 14.0 Å². The van der Waals surface area contributed by atoms with Gasteiger partial charge in [0.25, 0.3) is 0 Å². The molecule has 0 radical (unpaired) electrons. The first-order valence-electron chi connectivity index (χ1n) is 8.13. The Morgan fingerprint density at radius 1 is 1.19 bits per heavy atom. The van der Waals surface area contributed by atoms with Gasteiger partial charge in [0.05, 0.1) is 17.7 Å². The van der Waals surface area contributed by atoms with E-state index in [2.05, 4.69) is 4.99 Å². The number of cyclic esters (lactones) is 1. The zero-order valence-corrected chi connectivity index (χ0v) is 14.1. The van der Waals surface area contributed by atoms with Crippen LogP contribution in [0.4, 0.5) is 4.39 Å². The zero-order chi connectivity index (χ0) is 18.5. The highest BCUT2D eigenvalue weighted by Crippen LogP contribution is 2.20. The van der Waals surface area contributed by atoms with E-state index in [-0.39, 0.29) is 17.2 Å². The molecular formula is C20H16FNO4. The highest BCUT2D eigenvalue weighted by atomic mass is 19.1. The van der Waals surface area contributed by atoms with Crippen LogP contribution in [0.25, 0.3) is 6.08 Å². The highest BCUT2D eigenvalue weighted by molar-refractivity contribution is 6.13. The molecule has 0 saturated heterocycles. The number of hydrogen-bond donors (Lipinski definition) is 0. The predicted molar refractivity (Wildman–Crippen MR) is 94.0 cm³/mol. The van der Waals surface area contributed by atoms with E-state index < -0.39 is 17.8 Å². The molecule has 1 aliphatic rings. The van der Waals surface area contributed by atoms with E-state index in [1.807, 2.05) is 6.92 Å². The number of carbonyl (C=O) groups excluding carboxylic acids is 2. The van der Waals surface area contributed by atoms with Gasteiger partial charge in [-0.15, -0.1) is 0 Å². The van der Waals surface area contributed by atoms with Gasteiger partial charge >= 0.3 is 11.9 Å². The van der Waals surface area contributed by atoms with Crippen molar-refractivity contribution in [2.45, 2.75) is 13.3 Å². The van der Waals surface area contributed by atoms with Crippen molar-refractivity contribution >= 4 is 23.9 Å². The van der Waals surface area contributed by atoms with Gasteiger partial charge in [0.2, 0.25) is 5.90 Å². The molecule has 0 amide bonds. The molecule has 0 fully saturated rings. The third-order valence-electron chi connectivity index (χ3n) is 3.61. The Morgan fingerprint density at radius 3 is 2.62 bits per heavy atom. The average Bonchev–Trinajstić information content (AvgIpc) is 3.01. The van der Waals surface area contributed by atoms with E-state index in [1.165, 1.54) is 18.2 Å². The van der Waals surface area contributed by atoms with Crippen molar-refractivity contribution in [3.63, 3.8) is 0 Å². The quantitative estimate of drug-likeness (QED) is 0.607. The van der Waals surface area contributed by atoms with E-state index in [0.717, 1.165) is 6.42 Å². The number of hydrogen-bond acceptors (Lipinski definition) is 5. The number of nitrogens with zero attached hydrogens (tertiary/aromatic N) is 1. The van der Waals surface area contributed by atoms with Crippen molar-refractivity contribution < 1.29 is 23.5 Å². The van der Waals surface area contributed by atoms with E-state index in [0.29, 0.717) is 17.7 Å². The molecule has 0 atom stereocenters. The van der Waals surface area contributed by atoms with Gasteiger partial charge in [0, 0.05) is 0 Å². The van der Waals surface area contributed by atoms with Crippen molar-refractivity contribution in [2.24, 2.45) is 4.99 Å². The molecular weight excluding hydrogens is 337 g/mol. The molecule has 26 heavy (non-hydrogen) atoms. The lowest BCUT2D eigenvalue weighted by Gasteiger charge is -2.03. The van der Waals surface area contributed by atoms with Crippen LogP contribution in [-0.2, 0) is 14.3 Å². The average molecular weight is 353 g/mol. The normalized spacial score (nSPS) is 14.9. The van der Waals surface area contributed by atoms with Crippen LogP contribution in [-0.4, -0.2) is 24.4 Å². The highest BCUT2D eigenvalue weighted by Gasteiger charge is 2.25. The fourth-order valence-electron chi connectivity index (χ4n) is 2.31. The molecule has 132 valence electrons. The lowest BCUT2D eigenvalue weighted by Crippen LogP contribution is -2.07. The molecule has 0 bridgehead atoms. The van der Waals surface area contributed by atoms with Crippen molar-refractivity contribution in [1.82, 2.24) is 0 Å². The first-order valence-corrected chi connectivity index (χ1v) is 8.13. The molecule has 0 N–H and O–H groups in total. The summed E-state index contributed by atoms with van der Waals surface area (Å²) < 4.78 is 23.9. The zero-order valence-electron chi connectivity index (χ0n) is 14.1. The van der Waals surface area contributed by atoms with Crippen molar-refractivity contribution in [3.05, 3.63) is 76.7 Å². The molecule has 1 heterocycles. The lowest BCUT2D eigenvalue weighted by atomic mass is 10.1. The predicted octanol–water partition coefficient (Wildman–Crippen LogP) is 3.74. The smallest absolute Gasteiger partial charge is 0.363 e. The summed E-state index contributed by atoms with van der Waals surface area (Å²) in [7, 11) is 0. The largest absolute Gasteiger partial charge is 0.462 e. The Hall–Kier alpha value is -3.28. The summed E-state index contributed by atoms with van der Waals surface area (Å²) in [6.07, 6.45) is 2.26. The van der Waals surface area contributed by atoms with Gasteiger partial charge in [-0.05, 0) is 42.3 Å². The fourth-order valence-corrected chi connectivity index (χ4v) is 2.31. The van der Waals surface area contributed by atoms with E-state index in [1.54, 1.807) is 36.4 Å². The summed E-state index contributed by atoms with van der Waals surface area (Å²) >= 11 is 0. The second kappa shape index (κ2) is 7.74. The van der Waals surface area contributed by atoms with Crippen molar-refractivity contribution in [2.75, 3.05) is 6.61 Å². The minimum absolute atomic E-state index is 0.0598. The Labute approximate surface area is 149 Å². The van der Waals surface area contributed by atoms with Gasteiger partial charge in [0.1, 0.15) is 5.82 Å². The monoisotopic (exact) mass is 353 g/mol. The molecule has 0 unspecified atom stereocenters. The first kappa shape index (κ1) is 17.5. The number of ether oxygens (including phenoxy) is 2. The van der Waals surface area contributed by atoms with Crippen LogP contribution in [0.15, 0.2) is 59.2 Å². The molecule has 6 heteroatoms. The maximum absolute atomic E-state index is 13.8. The Morgan fingerprint density at radius 2 is 1.92 bits per heavy atom. The second-order valence-corrected chi connectivity index (χ2v) is 5.57. The number of rotatable bonds is 5. The third-order valence-corrected chi connectivity index (χ3v) is 3.61. The lowest BCUT2D eigenvalue weighted by molar-refractivity contribution is -0.129. The van der Waals surface area contributed by atoms with Crippen molar-refractivity contribution in [1.29, 1.82) is 0 Å². The minimum atomic E-state index is -0.658. The van der Waals surface area contributed by atoms with Gasteiger partial charge in [-0.2, -0.15) is 0 Å². The SMILES string of the molecule is CCCOC(=O)c1ccc(/C=C2\N=C(c3ccccc3F)OC2=O)cc1. The summed E-state index contributed by atoms with van der Waals surface area (Å²) in [4.78, 5) is 27.8. The number of halogens is 1. The molecule has 5 nitrogen and oxygen atoms in total. The van der Waals surface area contributed by atoms with Gasteiger partial charge < -0.3 is 9.47 Å². The molecule has 1 aliphatic heterocycles. The number of benzene rings is 2. The maximum atomic E-state index is 13.8. The standard InChI is InChI=1S/C20H16FNO4/c1-2-11-25-19(23)14-9-7-13(8-10-14)12-17-20(24)26-18(22-17)15-5-3-4-6-16(15)21/h3-10,12H,2,11H2,1H3/b17-12-. The molecule has 0 spiro atoms. The van der Waals surface area contributed by atoms with E-state index >= 15 is 0 Å². The number of esters is 2. The van der Waals surface area contributed by atoms with Crippen LogP contribution < -0.4 is 0 Å². The second-order valence-electron chi connectivity index (χ2n) is 5.57. The van der Waals surface area contributed by atoms with Gasteiger partial charge in [-0.25, -0.2) is 19.0 Å². The molecule has 0 aliphatic carbocycles.